The Balaban J connectivity index is 2.31. The summed E-state index contributed by atoms with van der Waals surface area (Å²) in [7, 11) is 1.50. The largest absolute Gasteiger partial charge is 0.367 e. The summed E-state index contributed by atoms with van der Waals surface area (Å²) in [5.74, 6) is -0.910. The van der Waals surface area contributed by atoms with Gasteiger partial charge in [-0.3, -0.25) is 14.4 Å². The molecule has 1 heterocycles. The fourth-order valence-corrected chi connectivity index (χ4v) is 1.85. The Morgan fingerprint density at radius 2 is 1.95 bits per heavy atom. The van der Waals surface area contributed by atoms with Crippen molar-refractivity contribution < 1.29 is 9.59 Å². The quantitative estimate of drug-likeness (QED) is 0.805. The van der Waals surface area contributed by atoms with E-state index < -0.39 is 11.3 Å². The van der Waals surface area contributed by atoms with Crippen molar-refractivity contribution in [3.8, 4) is 0 Å². The number of aromatic amines is 1. The molecule has 0 saturated carbocycles. The van der Waals surface area contributed by atoms with Crippen molar-refractivity contribution in [3.63, 3.8) is 0 Å². The van der Waals surface area contributed by atoms with E-state index in [4.69, 9.17) is 11.6 Å². The number of hydrogen-bond acceptors (Lipinski definition) is 3. The average molecular weight is 306 g/mol. The van der Waals surface area contributed by atoms with Gasteiger partial charge in [0, 0.05) is 31.1 Å². The van der Waals surface area contributed by atoms with E-state index in [1.807, 2.05) is 0 Å². The second-order valence-electron chi connectivity index (χ2n) is 4.15. The molecular weight excluding hydrogens is 294 g/mol. The fourth-order valence-electron chi connectivity index (χ4n) is 1.69. The summed E-state index contributed by atoms with van der Waals surface area (Å²) in [6.07, 6.45) is 2.73. The highest BCUT2D eigenvalue weighted by molar-refractivity contribution is 6.34. The van der Waals surface area contributed by atoms with E-state index in [1.165, 1.54) is 43.7 Å². The lowest BCUT2D eigenvalue weighted by molar-refractivity contribution is 0.0961. The van der Waals surface area contributed by atoms with Gasteiger partial charge in [0.25, 0.3) is 11.8 Å². The van der Waals surface area contributed by atoms with Gasteiger partial charge in [-0.25, -0.2) is 0 Å². The number of anilines is 1. The molecule has 0 aliphatic rings. The summed E-state index contributed by atoms with van der Waals surface area (Å²) in [4.78, 5) is 37.9. The summed E-state index contributed by atoms with van der Waals surface area (Å²) in [5.41, 5.74) is 0.147. The Labute approximate surface area is 125 Å². The van der Waals surface area contributed by atoms with E-state index in [1.54, 1.807) is 0 Å². The van der Waals surface area contributed by atoms with Gasteiger partial charge in [-0.1, -0.05) is 11.6 Å². The van der Waals surface area contributed by atoms with E-state index in [2.05, 4.69) is 15.6 Å². The Bertz CT molecular complexity index is 755. The second-order valence-corrected chi connectivity index (χ2v) is 4.56. The van der Waals surface area contributed by atoms with E-state index in [0.29, 0.717) is 5.56 Å². The molecule has 2 aromatic rings. The minimum atomic E-state index is -0.604. The van der Waals surface area contributed by atoms with Crippen molar-refractivity contribution >= 4 is 29.1 Å². The molecule has 0 aliphatic heterocycles. The lowest BCUT2D eigenvalue weighted by atomic mass is 10.1. The number of H-pyrrole nitrogens is 1. The van der Waals surface area contributed by atoms with Crippen molar-refractivity contribution in [2.45, 2.75) is 0 Å². The number of pyridine rings is 1. The SMILES string of the molecule is CNC(=O)c1ccc(Cl)c(NC(=O)c2c[nH]ccc2=O)c1. The second kappa shape index (κ2) is 6.23. The standard InChI is InChI=1S/C14H12ClN3O3/c1-16-13(20)8-2-3-10(15)11(6-8)18-14(21)9-7-17-5-4-12(9)19/h2-7H,1H3,(H,16,20)(H,17,19)(H,18,21). The first kappa shape index (κ1) is 14.8. The predicted molar refractivity (Wildman–Crippen MR) is 79.9 cm³/mol. The highest BCUT2D eigenvalue weighted by Gasteiger charge is 2.13. The van der Waals surface area contributed by atoms with Gasteiger partial charge < -0.3 is 15.6 Å². The van der Waals surface area contributed by atoms with Crippen molar-refractivity contribution in [3.05, 3.63) is 63.0 Å². The number of hydrogen-bond donors (Lipinski definition) is 3. The third-order valence-corrected chi connectivity index (χ3v) is 3.10. The number of nitrogens with one attached hydrogen (secondary N) is 3. The Morgan fingerprint density at radius 1 is 1.19 bits per heavy atom. The van der Waals surface area contributed by atoms with Gasteiger partial charge in [0.15, 0.2) is 5.43 Å². The molecule has 0 aliphatic carbocycles. The molecule has 7 heteroatoms. The molecule has 6 nitrogen and oxygen atoms in total. The van der Waals surface area contributed by atoms with Crippen molar-refractivity contribution in [1.82, 2.24) is 10.3 Å². The van der Waals surface area contributed by atoms with Gasteiger partial charge >= 0.3 is 0 Å². The zero-order valence-corrected chi connectivity index (χ0v) is 11.8. The van der Waals surface area contributed by atoms with Crippen molar-refractivity contribution in [2.24, 2.45) is 0 Å². The zero-order chi connectivity index (χ0) is 15.4. The molecule has 108 valence electrons. The van der Waals surface area contributed by atoms with Crippen molar-refractivity contribution in [2.75, 3.05) is 12.4 Å². The van der Waals surface area contributed by atoms with Crippen LogP contribution in [0.3, 0.4) is 0 Å². The first-order chi connectivity index (χ1) is 10.0. The number of amides is 2. The summed E-state index contributed by atoms with van der Waals surface area (Å²) in [5, 5.41) is 5.26. The van der Waals surface area contributed by atoms with Crippen LogP contribution in [0.5, 0.6) is 0 Å². The first-order valence-corrected chi connectivity index (χ1v) is 6.41. The van der Waals surface area contributed by atoms with E-state index in [-0.39, 0.29) is 22.2 Å². The van der Waals surface area contributed by atoms with E-state index in [0.717, 1.165) is 0 Å². The predicted octanol–water partition coefficient (Wildman–Crippen LogP) is 1.64. The molecule has 0 atom stereocenters. The average Bonchev–Trinajstić information content (AvgIpc) is 2.49. The van der Waals surface area contributed by atoms with Gasteiger partial charge in [0.2, 0.25) is 0 Å². The monoisotopic (exact) mass is 305 g/mol. The van der Waals surface area contributed by atoms with Crippen LogP contribution >= 0.6 is 11.6 Å². The fraction of sp³-hybridized carbons (Fsp3) is 0.0714. The van der Waals surface area contributed by atoms with Crippen LogP contribution in [0.25, 0.3) is 0 Å². The van der Waals surface area contributed by atoms with Gasteiger partial charge in [0.1, 0.15) is 5.56 Å². The molecule has 3 N–H and O–H groups in total. The normalized spacial score (nSPS) is 10.0. The minimum Gasteiger partial charge on any atom is -0.367 e. The maximum Gasteiger partial charge on any atom is 0.261 e. The number of carbonyl (C=O) groups is 2. The lowest BCUT2D eigenvalue weighted by Crippen LogP contribution is -2.22. The molecule has 0 fully saturated rings. The van der Waals surface area contributed by atoms with Crippen LogP contribution in [0.2, 0.25) is 5.02 Å². The number of rotatable bonds is 3. The summed E-state index contributed by atoms with van der Waals surface area (Å²) in [6, 6.07) is 5.72. The molecule has 0 unspecified atom stereocenters. The highest BCUT2D eigenvalue weighted by Crippen LogP contribution is 2.23. The minimum absolute atomic E-state index is 0.0427. The Morgan fingerprint density at radius 3 is 2.62 bits per heavy atom. The summed E-state index contributed by atoms with van der Waals surface area (Å²) in [6.45, 7) is 0. The first-order valence-electron chi connectivity index (χ1n) is 6.03. The number of benzene rings is 1. The zero-order valence-electron chi connectivity index (χ0n) is 11.1. The number of carbonyl (C=O) groups excluding carboxylic acids is 2. The van der Waals surface area contributed by atoms with Crippen molar-refractivity contribution in [1.29, 1.82) is 0 Å². The maximum atomic E-state index is 12.0. The molecule has 2 amide bonds. The smallest absolute Gasteiger partial charge is 0.261 e. The maximum absolute atomic E-state index is 12.0. The molecule has 0 radical (unpaired) electrons. The van der Waals surface area contributed by atoms with Crippen LogP contribution in [0.4, 0.5) is 5.69 Å². The molecule has 1 aromatic heterocycles. The number of halogens is 1. The van der Waals surface area contributed by atoms with Crippen LogP contribution < -0.4 is 16.1 Å². The van der Waals surface area contributed by atoms with Crippen LogP contribution in [0, 0.1) is 0 Å². The van der Waals surface area contributed by atoms with Crippen LogP contribution in [0.1, 0.15) is 20.7 Å². The highest BCUT2D eigenvalue weighted by atomic mass is 35.5. The van der Waals surface area contributed by atoms with Gasteiger partial charge in [-0.15, -0.1) is 0 Å². The van der Waals surface area contributed by atoms with Gasteiger partial charge in [-0.05, 0) is 18.2 Å². The molecule has 2 rings (SSSR count). The van der Waals surface area contributed by atoms with Crippen LogP contribution in [-0.4, -0.2) is 23.8 Å². The molecule has 0 saturated heterocycles. The van der Waals surface area contributed by atoms with Crippen LogP contribution in [0.15, 0.2) is 41.5 Å². The Hall–Kier alpha value is -2.60. The molecular formula is C14H12ClN3O3. The number of aromatic nitrogens is 1. The van der Waals surface area contributed by atoms with E-state index >= 15 is 0 Å². The summed E-state index contributed by atoms with van der Waals surface area (Å²) >= 11 is 5.98. The lowest BCUT2D eigenvalue weighted by Gasteiger charge is -2.08. The molecule has 0 bridgehead atoms. The molecule has 0 spiro atoms. The Kier molecular flexibility index (Phi) is 4.39. The molecule has 1 aromatic carbocycles. The molecule has 21 heavy (non-hydrogen) atoms. The topological polar surface area (TPSA) is 91.1 Å². The van der Waals surface area contributed by atoms with Crippen LogP contribution in [-0.2, 0) is 0 Å². The van der Waals surface area contributed by atoms with Gasteiger partial charge in [0.05, 0.1) is 10.7 Å². The third kappa shape index (κ3) is 3.29. The third-order valence-electron chi connectivity index (χ3n) is 2.77. The van der Waals surface area contributed by atoms with E-state index in [9.17, 15) is 14.4 Å². The van der Waals surface area contributed by atoms with Gasteiger partial charge in [-0.2, -0.15) is 0 Å². The summed E-state index contributed by atoms with van der Waals surface area (Å²) < 4.78 is 0.